The summed E-state index contributed by atoms with van der Waals surface area (Å²) in [6, 6.07) is 1.33. The van der Waals surface area contributed by atoms with E-state index in [0.717, 1.165) is 39.3 Å². The smallest absolute Gasteiger partial charge is 0.0630 e. The molecule has 2 rings (SSSR count). The van der Waals surface area contributed by atoms with Crippen molar-refractivity contribution in [3.63, 3.8) is 0 Å². The van der Waals surface area contributed by atoms with E-state index in [1.807, 2.05) is 0 Å². The Morgan fingerprint density at radius 2 is 2.24 bits per heavy atom. The average molecular weight is 242 g/mol. The molecule has 0 amide bonds. The number of ether oxygens (including phenoxy) is 1. The first-order chi connectivity index (χ1) is 8.22. The third-order valence-electron chi connectivity index (χ3n) is 4.13. The van der Waals surface area contributed by atoms with Crippen LogP contribution in [0.3, 0.4) is 0 Å². The zero-order valence-electron chi connectivity index (χ0n) is 11.1. The lowest BCUT2D eigenvalue weighted by atomic mass is 9.98. The second-order valence-corrected chi connectivity index (χ2v) is 5.31. The molecule has 0 aliphatic carbocycles. The predicted octanol–water partition coefficient (Wildman–Crippen LogP) is -1.06. The minimum absolute atomic E-state index is 0.273. The van der Waals surface area contributed by atoms with Gasteiger partial charge in [0.05, 0.1) is 6.61 Å². The highest BCUT2D eigenvalue weighted by atomic mass is 16.5. The topological polar surface area (TPSA) is 53.8 Å². The summed E-state index contributed by atoms with van der Waals surface area (Å²) < 4.78 is 5.30. The summed E-state index contributed by atoms with van der Waals surface area (Å²) in [5, 5.41) is 3.36. The van der Waals surface area contributed by atoms with E-state index in [-0.39, 0.29) is 6.04 Å². The lowest BCUT2D eigenvalue weighted by Gasteiger charge is -2.45. The molecule has 2 heterocycles. The Morgan fingerprint density at radius 1 is 1.41 bits per heavy atom. The molecule has 2 fully saturated rings. The summed E-state index contributed by atoms with van der Waals surface area (Å²) in [5.74, 6) is 0. The van der Waals surface area contributed by atoms with Gasteiger partial charge in [-0.2, -0.15) is 0 Å². The molecule has 2 aliphatic rings. The van der Waals surface area contributed by atoms with Crippen LogP contribution in [0.5, 0.6) is 0 Å². The van der Waals surface area contributed by atoms with Crippen molar-refractivity contribution in [3.05, 3.63) is 0 Å². The van der Waals surface area contributed by atoms with Gasteiger partial charge >= 0.3 is 0 Å². The van der Waals surface area contributed by atoms with Gasteiger partial charge in [0.15, 0.2) is 0 Å². The Labute approximate surface area is 104 Å². The predicted molar refractivity (Wildman–Crippen MR) is 69.1 cm³/mol. The van der Waals surface area contributed by atoms with Crippen LogP contribution in [0.25, 0.3) is 0 Å². The SMILES string of the molecule is COCC1CN(C2CCNCC2N)CCN1C. The molecule has 3 unspecified atom stereocenters. The van der Waals surface area contributed by atoms with Gasteiger partial charge in [-0.25, -0.2) is 0 Å². The van der Waals surface area contributed by atoms with Crippen LogP contribution in [-0.2, 0) is 4.74 Å². The summed E-state index contributed by atoms with van der Waals surface area (Å²) >= 11 is 0. The largest absolute Gasteiger partial charge is 0.383 e. The van der Waals surface area contributed by atoms with Gasteiger partial charge in [-0.05, 0) is 20.0 Å². The van der Waals surface area contributed by atoms with Crippen LogP contribution in [0.4, 0.5) is 0 Å². The number of nitrogens with two attached hydrogens (primary N) is 1. The Morgan fingerprint density at radius 3 is 2.94 bits per heavy atom. The maximum Gasteiger partial charge on any atom is 0.0630 e. The van der Waals surface area contributed by atoms with Crippen molar-refractivity contribution in [1.82, 2.24) is 15.1 Å². The molecule has 0 bridgehead atoms. The number of nitrogens with one attached hydrogen (secondary N) is 1. The zero-order chi connectivity index (χ0) is 12.3. The number of piperidine rings is 1. The highest BCUT2D eigenvalue weighted by Gasteiger charge is 2.32. The summed E-state index contributed by atoms with van der Waals surface area (Å²) in [5.41, 5.74) is 6.21. The van der Waals surface area contributed by atoms with Crippen molar-refractivity contribution in [3.8, 4) is 0 Å². The van der Waals surface area contributed by atoms with Crippen LogP contribution in [-0.4, -0.2) is 81.4 Å². The van der Waals surface area contributed by atoms with E-state index in [2.05, 4.69) is 22.2 Å². The van der Waals surface area contributed by atoms with Gasteiger partial charge in [0.1, 0.15) is 0 Å². The molecular weight excluding hydrogens is 216 g/mol. The molecule has 2 saturated heterocycles. The van der Waals surface area contributed by atoms with E-state index in [4.69, 9.17) is 10.5 Å². The number of likely N-dealkylation sites (N-methyl/N-ethyl adjacent to an activating group) is 1. The van der Waals surface area contributed by atoms with Crippen molar-refractivity contribution in [2.24, 2.45) is 5.73 Å². The zero-order valence-corrected chi connectivity index (χ0v) is 11.1. The average Bonchev–Trinajstić information content (AvgIpc) is 2.33. The lowest BCUT2D eigenvalue weighted by molar-refractivity contribution is 0.0121. The molecule has 0 aromatic carbocycles. The number of methoxy groups -OCH3 is 1. The van der Waals surface area contributed by atoms with Crippen LogP contribution >= 0.6 is 0 Å². The molecule has 100 valence electrons. The molecule has 0 radical (unpaired) electrons. The van der Waals surface area contributed by atoms with Gasteiger partial charge in [0, 0.05) is 51.4 Å². The summed E-state index contributed by atoms with van der Waals surface area (Å²) in [4.78, 5) is 4.96. The summed E-state index contributed by atoms with van der Waals surface area (Å²) in [6.07, 6.45) is 1.17. The second kappa shape index (κ2) is 6.11. The molecule has 2 aliphatic heterocycles. The number of hydrogen-bond donors (Lipinski definition) is 2. The highest BCUT2D eigenvalue weighted by Crippen LogP contribution is 2.16. The standard InChI is InChI=1S/C12H26N4O/c1-15-5-6-16(8-10(15)9-17-2)12-3-4-14-7-11(12)13/h10-12,14H,3-9,13H2,1-2H3. The maximum atomic E-state index is 6.21. The number of piperazine rings is 1. The lowest BCUT2D eigenvalue weighted by Crippen LogP contribution is -2.63. The van der Waals surface area contributed by atoms with Gasteiger partial charge in [-0.3, -0.25) is 9.80 Å². The van der Waals surface area contributed by atoms with E-state index < -0.39 is 0 Å². The van der Waals surface area contributed by atoms with E-state index in [0.29, 0.717) is 12.1 Å². The van der Waals surface area contributed by atoms with Gasteiger partial charge in [-0.1, -0.05) is 0 Å². The Kier molecular flexibility index (Phi) is 4.76. The number of rotatable bonds is 3. The van der Waals surface area contributed by atoms with E-state index in [1.54, 1.807) is 7.11 Å². The van der Waals surface area contributed by atoms with Gasteiger partial charge < -0.3 is 15.8 Å². The van der Waals surface area contributed by atoms with Crippen LogP contribution < -0.4 is 11.1 Å². The first kappa shape index (κ1) is 13.2. The Bertz CT molecular complexity index is 239. The fourth-order valence-corrected chi connectivity index (χ4v) is 2.97. The number of hydrogen-bond acceptors (Lipinski definition) is 5. The quantitative estimate of drug-likeness (QED) is 0.661. The van der Waals surface area contributed by atoms with E-state index in [1.165, 1.54) is 6.42 Å². The van der Waals surface area contributed by atoms with Crippen molar-refractivity contribution in [2.45, 2.75) is 24.5 Å². The molecule has 3 atom stereocenters. The fourth-order valence-electron chi connectivity index (χ4n) is 2.97. The highest BCUT2D eigenvalue weighted by molar-refractivity contribution is 4.92. The molecule has 5 heteroatoms. The molecule has 0 aromatic heterocycles. The van der Waals surface area contributed by atoms with Crippen LogP contribution in [0.15, 0.2) is 0 Å². The Balaban J connectivity index is 1.92. The summed E-state index contributed by atoms with van der Waals surface area (Å²) in [7, 11) is 3.96. The minimum atomic E-state index is 0.273. The van der Waals surface area contributed by atoms with E-state index in [9.17, 15) is 0 Å². The van der Waals surface area contributed by atoms with Crippen molar-refractivity contribution in [2.75, 3.05) is 53.5 Å². The molecule has 17 heavy (non-hydrogen) atoms. The van der Waals surface area contributed by atoms with Crippen LogP contribution in [0.1, 0.15) is 6.42 Å². The molecule has 0 aromatic rings. The minimum Gasteiger partial charge on any atom is -0.383 e. The summed E-state index contributed by atoms with van der Waals surface area (Å²) in [6.45, 7) is 6.20. The molecule has 3 N–H and O–H groups in total. The number of nitrogens with zero attached hydrogens (tertiary/aromatic N) is 2. The third-order valence-corrected chi connectivity index (χ3v) is 4.13. The van der Waals surface area contributed by atoms with Gasteiger partial charge in [-0.15, -0.1) is 0 Å². The van der Waals surface area contributed by atoms with Crippen molar-refractivity contribution in [1.29, 1.82) is 0 Å². The van der Waals surface area contributed by atoms with E-state index >= 15 is 0 Å². The van der Waals surface area contributed by atoms with Crippen molar-refractivity contribution >= 4 is 0 Å². The van der Waals surface area contributed by atoms with Crippen molar-refractivity contribution < 1.29 is 4.74 Å². The van der Waals surface area contributed by atoms with Gasteiger partial charge in [0.25, 0.3) is 0 Å². The third kappa shape index (κ3) is 3.17. The van der Waals surface area contributed by atoms with Gasteiger partial charge in [0.2, 0.25) is 0 Å². The normalized spacial score (nSPS) is 37.2. The first-order valence-corrected chi connectivity index (χ1v) is 6.62. The molecule has 0 spiro atoms. The molecule has 0 saturated carbocycles. The first-order valence-electron chi connectivity index (χ1n) is 6.62. The fraction of sp³-hybridized carbons (Fsp3) is 1.00. The van der Waals surface area contributed by atoms with Crippen LogP contribution in [0.2, 0.25) is 0 Å². The van der Waals surface area contributed by atoms with Crippen LogP contribution in [0, 0.1) is 0 Å². The molecule has 5 nitrogen and oxygen atoms in total. The maximum absolute atomic E-state index is 6.21. The molecular formula is C12H26N4O. The second-order valence-electron chi connectivity index (χ2n) is 5.31. The Hall–Kier alpha value is -0.200. The monoisotopic (exact) mass is 242 g/mol.